The van der Waals surface area contributed by atoms with Crippen molar-refractivity contribution in [3.8, 4) is 0 Å². The topological polar surface area (TPSA) is 32.3 Å². The van der Waals surface area contributed by atoms with Gasteiger partial charge in [-0.1, -0.05) is 66.2 Å². The van der Waals surface area contributed by atoms with E-state index in [-0.39, 0.29) is 11.9 Å². The molecule has 0 unspecified atom stereocenters. The minimum atomic E-state index is -0.121. The molecular formula is C23H26N2O. The van der Waals surface area contributed by atoms with Crippen LogP contribution in [0.15, 0.2) is 72.3 Å². The van der Waals surface area contributed by atoms with Crippen LogP contribution in [0.3, 0.4) is 0 Å². The molecule has 0 aromatic heterocycles. The molecule has 2 aliphatic rings. The Labute approximate surface area is 155 Å². The average Bonchev–Trinajstić information content (AvgIpc) is 2.88. The molecule has 2 aliphatic heterocycles. The summed E-state index contributed by atoms with van der Waals surface area (Å²) in [6, 6.07) is 21.5. The Morgan fingerprint density at radius 1 is 0.962 bits per heavy atom. The number of carbonyl (C=O) groups is 1. The van der Waals surface area contributed by atoms with E-state index in [0.717, 1.165) is 24.0 Å². The summed E-state index contributed by atoms with van der Waals surface area (Å²) in [5.41, 5.74) is 3.51. The second-order valence-electron chi connectivity index (χ2n) is 7.52. The molecule has 1 amide bonds. The Morgan fingerprint density at radius 2 is 1.46 bits per heavy atom. The largest absolute Gasteiger partial charge is 0.342 e. The summed E-state index contributed by atoms with van der Waals surface area (Å²) in [4.78, 5) is 15.3. The second kappa shape index (κ2) is 7.46. The summed E-state index contributed by atoms with van der Waals surface area (Å²) in [6.45, 7) is 0. The molecule has 134 valence electrons. The molecule has 0 aliphatic carbocycles. The third kappa shape index (κ3) is 3.58. The lowest BCUT2D eigenvalue weighted by Gasteiger charge is -2.32. The predicted molar refractivity (Wildman–Crippen MR) is 105 cm³/mol. The number of fused-ring (bicyclic) bond motifs is 2. The van der Waals surface area contributed by atoms with E-state index in [0.29, 0.717) is 12.1 Å². The maximum atomic E-state index is 12.8. The first-order valence-electron chi connectivity index (χ1n) is 9.52. The highest BCUT2D eigenvalue weighted by Crippen LogP contribution is 2.36. The van der Waals surface area contributed by atoms with E-state index in [2.05, 4.69) is 41.5 Å². The zero-order valence-electron chi connectivity index (χ0n) is 15.3. The van der Waals surface area contributed by atoms with Crippen LogP contribution >= 0.6 is 0 Å². The van der Waals surface area contributed by atoms with Gasteiger partial charge in [-0.25, -0.2) is 0 Å². The summed E-state index contributed by atoms with van der Waals surface area (Å²) in [6.07, 6.45) is 6.44. The van der Waals surface area contributed by atoms with Gasteiger partial charge in [0.25, 0.3) is 0 Å². The standard InChI is InChI=1S/C23H26N2O/c1-25-20-12-13-21(25)15-17(14-20)16-22(26)24-23(18-8-4-2-5-9-18)19-10-6-3-7-11-19/h2-11,16,20-21,23H,12-15H2,1H3,(H,24,26)/t20-,21+. The van der Waals surface area contributed by atoms with Gasteiger partial charge in [-0.05, 0) is 43.9 Å². The van der Waals surface area contributed by atoms with Gasteiger partial charge in [0.2, 0.25) is 5.91 Å². The van der Waals surface area contributed by atoms with Gasteiger partial charge in [-0.15, -0.1) is 0 Å². The highest BCUT2D eigenvalue weighted by atomic mass is 16.1. The third-order valence-electron chi connectivity index (χ3n) is 5.87. The summed E-state index contributed by atoms with van der Waals surface area (Å²) in [7, 11) is 2.22. The van der Waals surface area contributed by atoms with Crippen molar-refractivity contribution in [2.75, 3.05) is 7.05 Å². The summed E-state index contributed by atoms with van der Waals surface area (Å²) >= 11 is 0. The number of benzene rings is 2. The van der Waals surface area contributed by atoms with Gasteiger partial charge < -0.3 is 5.32 Å². The Morgan fingerprint density at radius 3 is 1.96 bits per heavy atom. The fourth-order valence-corrected chi connectivity index (χ4v) is 4.41. The van der Waals surface area contributed by atoms with E-state index < -0.39 is 0 Å². The molecule has 3 nitrogen and oxygen atoms in total. The van der Waals surface area contributed by atoms with Crippen molar-refractivity contribution in [3.05, 3.63) is 83.4 Å². The number of hydrogen-bond donors (Lipinski definition) is 1. The molecule has 1 N–H and O–H groups in total. The van der Waals surface area contributed by atoms with Crippen LogP contribution in [-0.4, -0.2) is 29.9 Å². The molecular weight excluding hydrogens is 320 g/mol. The molecule has 0 radical (unpaired) electrons. The Balaban J connectivity index is 1.53. The number of rotatable bonds is 4. The van der Waals surface area contributed by atoms with Crippen LogP contribution in [-0.2, 0) is 4.79 Å². The van der Waals surface area contributed by atoms with Crippen LogP contribution in [0.2, 0.25) is 0 Å². The van der Waals surface area contributed by atoms with Crippen molar-refractivity contribution in [3.63, 3.8) is 0 Å². The number of amides is 1. The van der Waals surface area contributed by atoms with E-state index in [1.54, 1.807) is 0 Å². The van der Waals surface area contributed by atoms with Gasteiger partial charge in [0.1, 0.15) is 0 Å². The van der Waals surface area contributed by atoms with Crippen molar-refractivity contribution >= 4 is 5.91 Å². The summed E-state index contributed by atoms with van der Waals surface area (Å²) in [5, 5.41) is 3.23. The van der Waals surface area contributed by atoms with E-state index >= 15 is 0 Å². The van der Waals surface area contributed by atoms with Crippen molar-refractivity contribution in [2.24, 2.45) is 0 Å². The second-order valence-corrected chi connectivity index (χ2v) is 7.52. The summed E-state index contributed by atoms with van der Waals surface area (Å²) in [5.74, 6) is 0.0154. The predicted octanol–water partition coefficient (Wildman–Crippen LogP) is 4.08. The maximum Gasteiger partial charge on any atom is 0.244 e. The molecule has 2 aromatic rings. The monoisotopic (exact) mass is 346 g/mol. The molecule has 2 fully saturated rings. The summed E-state index contributed by atoms with van der Waals surface area (Å²) < 4.78 is 0. The van der Waals surface area contributed by atoms with Gasteiger partial charge in [0.15, 0.2) is 0 Å². The fourth-order valence-electron chi connectivity index (χ4n) is 4.41. The number of carbonyl (C=O) groups excluding carboxylic acids is 1. The molecule has 26 heavy (non-hydrogen) atoms. The first kappa shape index (κ1) is 17.0. The van der Waals surface area contributed by atoms with Gasteiger partial charge in [0.05, 0.1) is 6.04 Å². The lowest BCUT2D eigenvalue weighted by molar-refractivity contribution is -0.117. The van der Waals surface area contributed by atoms with Gasteiger partial charge in [-0.2, -0.15) is 0 Å². The zero-order valence-corrected chi connectivity index (χ0v) is 15.3. The van der Waals surface area contributed by atoms with E-state index in [9.17, 15) is 4.79 Å². The number of piperidine rings is 1. The zero-order chi connectivity index (χ0) is 17.9. The molecule has 3 heteroatoms. The van der Waals surface area contributed by atoms with E-state index in [4.69, 9.17) is 0 Å². The number of nitrogens with one attached hydrogen (secondary N) is 1. The first-order valence-corrected chi connectivity index (χ1v) is 9.52. The average molecular weight is 346 g/mol. The molecule has 0 spiro atoms. The van der Waals surface area contributed by atoms with Gasteiger partial charge >= 0.3 is 0 Å². The molecule has 2 bridgehead atoms. The van der Waals surface area contributed by atoms with Crippen LogP contribution in [0.25, 0.3) is 0 Å². The number of hydrogen-bond acceptors (Lipinski definition) is 2. The van der Waals surface area contributed by atoms with E-state index in [1.807, 2.05) is 42.5 Å². The molecule has 2 atom stereocenters. The quantitative estimate of drug-likeness (QED) is 0.846. The Kier molecular flexibility index (Phi) is 4.89. The van der Waals surface area contributed by atoms with Crippen molar-refractivity contribution < 1.29 is 4.79 Å². The molecule has 2 saturated heterocycles. The highest BCUT2D eigenvalue weighted by molar-refractivity contribution is 5.89. The highest BCUT2D eigenvalue weighted by Gasteiger charge is 2.35. The molecule has 4 rings (SSSR count). The van der Waals surface area contributed by atoms with Crippen molar-refractivity contribution in [1.82, 2.24) is 10.2 Å². The first-order chi connectivity index (χ1) is 12.7. The lowest BCUT2D eigenvalue weighted by Crippen LogP contribution is -2.37. The van der Waals surface area contributed by atoms with Gasteiger partial charge in [0, 0.05) is 18.2 Å². The fraction of sp³-hybridized carbons (Fsp3) is 0.348. The van der Waals surface area contributed by atoms with Crippen LogP contribution < -0.4 is 5.32 Å². The number of nitrogens with zero attached hydrogens (tertiary/aromatic N) is 1. The van der Waals surface area contributed by atoms with E-state index in [1.165, 1.54) is 18.4 Å². The smallest absolute Gasteiger partial charge is 0.244 e. The normalized spacial score (nSPS) is 24.2. The minimum Gasteiger partial charge on any atom is -0.342 e. The van der Waals surface area contributed by atoms with Crippen molar-refractivity contribution in [1.29, 1.82) is 0 Å². The maximum absolute atomic E-state index is 12.8. The molecule has 2 aromatic carbocycles. The third-order valence-corrected chi connectivity index (χ3v) is 5.87. The van der Waals surface area contributed by atoms with Crippen LogP contribution in [0.5, 0.6) is 0 Å². The molecule has 0 saturated carbocycles. The van der Waals surface area contributed by atoms with Crippen LogP contribution in [0.1, 0.15) is 42.9 Å². The SMILES string of the molecule is CN1[C@@H]2CC[C@H]1CC(=CC(=O)NC(c1ccccc1)c1ccccc1)C2. The molecule has 2 heterocycles. The minimum absolute atomic E-state index is 0.0154. The van der Waals surface area contributed by atoms with Gasteiger partial charge in [-0.3, -0.25) is 9.69 Å². The van der Waals surface area contributed by atoms with Crippen molar-refractivity contribution in [2.45, 2.75) is 43.8 Å². The van der Waals surface area contributed by atoms with Crippen LogP contribution in [0.4, 0.5) is 0 Å². The van der Waals surface area contributed by atoms with Crippen LogP contribution in [0, 0.1) is 0 Å². The Bertz CT molecular complexity index is 729. The lowest BCUT2D eigenvalue weighted by atomic mass is 9.96. The Hall–Kier alpha value is -2.39.